The molecule has 1 unspecified atom stereocenters. The first-order chi connectivity index (χ1) is 9.06. The number of nitrogens with one attached hydrogen (secondary N) is 1. The summed E-state index contributed by atoms with van der Waals surface area (Å²) in [5.74, 6) is -1.00. The first kappa shape index (κ1) is 13.4. The average molecular weight is 264 g/mol. The molecule has 0 saturated carbocycles. The molecule has 6 heteroatoms. The average Bonchev–Trinajstić information content (AvgIpc) is 2.39. The van der Waals surface area contributed by atoms with Crippen LogP contribution in [0.15, 0.2) is 24.3 Å². The van der Waals surface area contributed by atoms with Crippen LogP contribution in [0.4, 0.5) is 10.5 Å². The lowest BCUT2D eigenvalue weighted by atomic mass is 10.1. The molecule has 6 nitrogen and oxygen atoms in total. The van der Waals surface area contributed by atoms with Crippen molar-refractivity contribution < 1.29 is 19.8 Å². The molecule has 1 aromatic rings. The Kier molecular flexibility index (Phi) is 4.01. The molecule has 1 fully saturated rings. The molecule has 0 bridgehead atoms. The maximum Gasteiger partial charge on any atom is 0.335 e. The Bertz CT molecular complexity index is 472. The standard InChI is InChI=1S/C13H16N2O4/c16-11-2-1-7-15(8-11)13(19)14-10-5-3-9(4-6-10)12(17)18/h3-6,11,16H,1-2,7-8H2,(H,14,19)(H,17,18). The number of β-amino-alcohol motifs (C(OH)–C–C–N with tert-alkyl or cyclic N) is 1. The van der Waals surface area contributed by atoms with Crippen molar-refractivity contribution in [1.82, 2.24) is 4.90 Å². The van der Waals surface area contributed by atoms with Crippen molar-refractivity contribution in [3.63, 3.8) is 0 Å². The molecule has 1 aromatic carbocycles. The maximum atomic E-state index is 11.9. The zero-order chi connectivity index (χ0) is 13.8. The van der Waals surface area contributed by atoms with Gasteiger partial charge in [-0.1, -0.05) is 0 Å². The van der Waals surface area contributed by atoms with Crippen LogP contribution in [-0.2, 0) is 0 Å². The third-order valence-electron chi connectivity index (χ3n) is 3.07. The number of benzene rings is 1. The monoisotopic (exact) mass is 264 g/mol. The minimum atomic E-state index is -1.00. The Labute approximate surface area is 110 Å². The van der Waals surface area contributed by atoms with Crippen LogP contribution in [0.5, 0.6) is 0 Å². The molecule has 0 aliphatic carbocycles. The quantitative estimate of drug-likeness (QED) is 0.752. The van der Waals surface area contributed by atoms with Crippen LogP contribution in [0.3, 0.4) is 0 Å². The van der Waals surface area contributed by atoms with Crippen molar-refractivity contribution in [3.8, 4) is 0 Å². The van der Waals surface area contributed by atoms with E-state index >= 15 is 0 Å². The lowest BCUT2D eigenvalue weighted by molar-refractivity contribution is 0.0697. The lowest BCUT2D eigenvalue weighted by Crippen LogP contribution is -2.44. The molecule has 2 amide bonds. The van der Waals surface area contributed by atoms with Crippen LogP contribution in [0.2, 0.25) is 0 Å². The van der Waals surface area contributed by atoms with Gasteiger partial charge in [-0.2, -0.15) is 0 Å². The number of aromatic carboxylic acids is 1. The number of nitrogens with zero attached hydrogens (tertiary/aromatic N) is 1. The first-order valence-corrected chi connectivity index (χ1v) is 6.13. The largest absolute Gasteiger partial charge is 0.478 e. The molecule has 19 heavy (non-hydrogen) atoms. The fourth-order valence-corrected chi connectivity index (χ4v) is 2.04. The summed E-state index contributed by atoms with van der Waals surface area (Å²) >= 11 is 0. The van der Waals surface area contributed by atoms with Gasteiger partial charge >= 0.3 is 12.0 Å². The smallest absolute Gasteiger partial charge is 0.335 e. The molecule has 0 radical (unpaired) electrons. The Morgan fingerprint density at radius 2 is 1.95 bits per heavy atom. The van der Waals surface area contributed by atoms with Crippen molar-refractivity contribution in [1.29, 1.82) is 0 Å². The highest BCUT2D eigenvalue weighted by Gasteiger charge is 2.21. The van der Waals surface area contributed by atoms with Crippen LogP contribution in [-0.4, -0.2) is 46.3 Å². The molecule has 102 valence electrons. The van der Waals surface area contributed by atoms with E-state index in [-0.39, 0.29) is 11.6 Å². The summed E-state index contributed by atoms with van der Waals surface area (Å²) < 4.78 is 0. The summed E-state index contributed by atoms with van der Waals surface area (Å²) in [6.45, 7) is 0.954. The topological polar surface area (TPSA) is 89.9 Å². The molecule has 1 atom stereocenters. The van der Waals surface area contributed by atoms with E-state index in [2.05, 4.69) is 5.32 Å². The number of hydrogen-bond donors (Lipinski definition) is 3. The van der Waals surface area contributed by atoms with Crippen LogP contribution in [0.25, 0.3) is 0 Å². The second kappa shape index (κ2) is 5.71. The van der Waals surface area contributed by atoms with Gasteiger partial charge in [-0.25, -0.2) is 9.59 Å². The van der Waals surface area contributed by atoms with Crippen molar-refractivity contribution in [3.05, 3.63) is 29.8 Å². The van der Waals surface area contributed by atoms with Gasteiger partial charge in [0.25, 0.3) is 0 Å². The Morgan fingerprint density at radius 3 is 2.53 bits per heavy atom. The number of anilines is 1. The minimum Gasteiger partial charge on any atom is -0.478 e. The van der Waals surface area contributed by atoms with E-state index in [1.165, 1.54) is 12.1 Å². The van der Waals surface area contributed by atoms with Gasteiger partial charge in [-0.05, 0) is 37.1 Å². The molecule has 1 aliphatic heterocycles. The highest BCUT2D eigenvalue weighted by molar-refractivity contribution is 5.91. The minimum absolute atomic E-state index is 0.173. The van der Waals surface area contributed by atoms with E-state index in [4.69, 9.17) is 5.11 Å². The Morgan fingerprint density at radius 1 is 1.26 bits per heavy atom. The molecule has 1 aliphatic rings. The van der Waals surface area contributed by atoms with Crippen molar-refractivity contribution in [2.45, 2.75) is 18.9 Å². The van der Waals surface area contributed by atoms with Gasteiger partial charge in [0.2, 0.25) is 0 Å². The number of carbonyl (C=O) groups is 2. The van der Waals surface area contributed by atoms with E-state index in [9.17, 15) is 14.7 Å². The van der Waals surface area contributed by atoms with Crippen LogP contribution < -0.4 is 5.32 Å². The Balaban J connectivity index is 1.96. The summed E-state index contributed by atoms with van der Waals surface area (Å²) in [5.41, 5.74) is 0.710. The highest BCUT2D eigenvalue weighted by atomic mass is 16.4. The molecule has 0 spiro atoms. The zero-order valence-electron chi connectivity index (χ0n) is 10.4. The van der Waals surface area contributed by atoms with Gasteiger partial charge in [-0.3, -0.25) is 0 Å². The number of carbonyl (C=O) groups excluding carboxylic acids is 1. The van der Waals surface area contributed by atoms with Crippen LogP contribution in [0, 0.1) is 0 Å². The highest BCUT2D eigenvalue weighted by Crippen LogP contribution is 2.14. The Hall–Kier alpha value is -2.08. The number of hydrogen-bond acceptors (Lipinski definition) is 3. The second-order valence-corrected chi connectivity index (χ2v) is 4.55. The number of amides is 2. The van der Waals surface area contributed by atoms with Crippen LogP contribution >= 0.6 is 0 Å². The fraction of sp³-hybridized carbons (Fsp3) is 0.385. The molecule has 2 rings (SSSR count). The van der Waals surface area contributed by atoms with E-state index in [1.807, 2.05) is 0 Å². The van der Waals surface area contributed by atoms with Crippen molar-refractivity contribution in [2.24, 2.45) is 0 Å². The first-order valence-electron chi connectivity index (χ1n) is 6.13. The van der Waals surface area contributed by atoms with Gasteiger partial charge in [-0.15, -0.1) is 0 Å². The number of aliphatic hydroxyl groups excluding tert-OH is 1. The number of rotatable bonds is 2. The fourth-order valence-electron chi connectivity index (χ4n) is 2.04. The molecule has 1 saturated heterocycles. The lowest BCUT2D eigenvalue weighted by Gasteiger charge is -2.30. The third kappa shape index (κ3) is 3.45. The number of aliphatic hydroxyl groups is 1. The number of likely N-dealkylation sites (tertiary alicyclic amines) is 1. The number of piperidine rings is 1. The SMILES string of the molecule is O=C(O)c1ccc(NC(=O)N2CCCC(O)C2)cc1. The number of carboxylic acid groups (broad SMARTS) is 1. The van der Waals surface area contributed by atoms with Crippen LogP contribution in [0.1, 0.15) is 23.2 Å². The normalized spacial score (nSPS) is 19.0. The number of urea groups is 1. The number of carboxylic acids is 1. The van der Waals surface area contributed by atoms with E-state index < -0.39 is 12.1 Å². The zero-order valence-corrected chi connectivity index (χ0v) is 10.4. The molecule has 3 N–H and O–H groups in total. The summed E-state index contributed by atoms with van der Waals surface area (Å²) in [6.07, 6.45) is 1.04. The molecular formula is C13H16N2O4. The molecule has 0 aromatic heterocycles. The van der Waals surface area contributed by atoms with Gasteiger partial charge < -0.3 is 20.4 Å². The van der Waals surface area contributed by atoms with E-state index in [1.54, 1.807) is 17.0 Å². The predicted octanol–water partition coefficient (Wildman–Crippen LogP) is 1.37. The van der Waals surface area contributed by atoms with Gasteiger partial charge in [0.15, 0.2) is 0 Å². The maximum absolute atomic E-state index is 11.9. The molecule has 1 heterocycles. The van der Waals surface area contributed by atoms with Gasteiger partial charge in [0.1, 0.15) is 0 Å². The summed E-state index contributed by atoms with van der Waals surface area (Å²) in [6, 6.07) is 5.68. The van der Waals surface area contributed by atoms with E-state index in [0.29, 0.717) is 18.8 Å². The van der Waals surface area contributed by atoms with Gasteiger partial charge in [0, 0.05) is 18.8 Å². The third-order valence-corrected chi connectivity index (χ3v) is 3.07. The summed E-state index contributed by atoms with van der Waals surface area (Å²) in [7, 11) is 0. The van der Waals surface area contributed by atoms with Crippen molar-refractivity contribution >= 4 is 17.7 Å². The molecular weight excluding hydrogens is 248 g/mol. The van der Waals surface area contributed by atoms with Gasteiger partial charge in [0.05, 0.1) is 11.7 Å². The van der Waals surface area contributed by atoms with E-state index in [0.717, 1.165) is 12.8 Å². The summed E-state index contributed by atoms with van der Waals surface area (Å²) in [4.78, 5) is 24.2. The van der Waals surface area contributed by atoms with Crippen molar-refractivity contribution in [2.75, 3.05) is 18.4 Å². The predicted molar refractivity (Wildman–Crippen MR) is 69.2 cm³/mol. The summed E-state index contributed by atoms with van der Waals surface area (Å²) in [5, 5.41) is 21.0. The second-order valence-electron chi connectivity index (χ2n) is 4.55.